The SMILES string of the molecule is O=C(CS(=O)c1cc(Cl)ccc1Cl)c1ccc(Br)s1. The highest BCUT2D eigenvalue weighted by molar-refractivity contribution is 9.11. The van der Waals surface area contributed by atoms with Gasteiger partial charge in [-0.15, -0.1) is 11.3 Å². The Hall–Kier alpha value is -0.200. The zero-order valence-electron chi connectivity index (χ0n) is 9.36. The summed E-state index contributed by atoms with van der Waals surface area (Å²) in [6.07, 6.45) is 0. The zero-order chi connectivity index (χ0) is 14.0. The second-order valence-corrected chi connectivity index (χ2v) is 8.32. The first-order chi connectivity index (χ1) is 8.97. The minimum absolute atomic E-state index is 0.104. The molecule has 2 rings (SSSR count). The Kier molecular flexibility index (Phi) is 5.20. The van der Waals surface area contributed by atoms with E-state index in [1.54, 1.807) is 24.3 Å². The average molecular weight is 398 g/mol. The molecule has 0 fully saturated rings. The van der Waals surface area contributed by atoms with Crippen LogP contribution in [0.3, 0.4) is 0 Å². The molecule has 0 aliphatic heterocycles. The number of carbonyl (C=O) groups excluding carboxylic acids is 1. The van der Waals surface area contributed by atoms with Crippen molar-refractivity contribution in [3.05, 3.63) is 49.0 Å². The molecule has 0 N–H and O–H groups in total. The van der Waals surface area contributed by atoms with Gasteiger partial charge in [-0.05, 0) is 46.3 Å². The number of halogens is 3. The van der Waals surface area contributed by atoms with Crippen LogP contribution in [0.4, 0.5) is 0 Å². The first-order valence-corrected chi connectivity index (χ1v) is 8.78. The molecule has 1 unspecified atom stereocenters. The van der Waals surface area contributed by atoms with E-state index >= 15 is 0 Å². The Morgan fingerprint density at radius 2 is 2.00 bits per heavy atom. The van der Waals surface area contributed by atoms with Crippen LogP contribution in [0.25, 0.3) is 0 Å². The van der Waals surface area contributed by atoms with Crippen molar-refractivity contribution in [1.82, 2.24) is 0 Å². The number of benzene rings is 1. The zero-order valence-corrected chi connectivity index (χ0v) is 14.1. The molecule has 1 aromatic carbocycles. The fourth-order valence-electron chi connectivity index (χ4n) is 1.38. The van der Waals surface area contributed by atoms with Gasteiger partial charge in [-0.25, -0.2) is 0 Å². The van der Waals surface area contributed by atoms with E-state index in [2.05, 4.69) is 15.9 Å². The fraction of sp³-hybridized carbons (Fsp3) is 0.0833. The van der Waals surface area contributed by atoms with Crippen molar-refractivity contribution >= 4 is 67.1 Å². The number of rotatable bonds is 4. The molecule has 7 heteroatoms. The molecule has 1 atom stereocenters. The first-order valence-electron chi connectivity index (χ1n) is 5.09. The van der Waals surface area contributed by atoms with Crippen LogP contribution in [0.2, 0.25) is 10.0 Å². The Balaban J connectivity index is 2.17. The van der Waals surface area contributed by atoms with Crippen LogP contribution in [-0.2, 0) is 10.8 Å². The van der Waals surface area contributed by atoms with E-state index in [1.165, 1.54) is 17.4 Å². The third kappa shape index (κ3) is 3.89. The molecule has 2 aromatic rings. The second-order valence-electron chi connectivity index (χ2n) is 3.59. The molecular formula is C12H7BrCl2O2S2. The van der Waals surface area contributed by atoms with Gasteiger partial charge in [0.15, 0.2) is 5.78 Å². The maximum atomic E-state index is 12.1. The molecule has 0 aliphatic rings. The number of carbonyl (C=O) groups is 1. The quantitative estimate of drug-likeness (QED) is 0.693. The molecule has 0 saturated heterocycles. The molecule has 100 valence electrons. The Morgan fingerprint density at radius 3 is 2.63 bits per heavy atom. The van der Waals surface area contributed by atoms with Gasteiger partial charge in [0.05, 0.1) is 35.1 Å². The number of thiophene rings is 1. The van der Waals surface area contributed by atoms with Crippen molar-refractivity contribution < 1.29 is 9.00 Å². The topological polar surface area (TPSA) is 34.1 Å². The van der Waals surface area contributed by atoms with Gasteiger partial charge < -0.3 is 0 Å². The highest BCUT2D eigenvalue weighted by Crippen LogP contribution is 2.26. The summed E-state index contributed by atoms with van der Waals surface area (Å²) in [6, 6.07) is 8.20. The van der Waals surface area contributed by atoms with Crippen LogP contribution < -0.4 is 0 Å². The summed E-state index contributed by atoms with van der Waals surface area (Å²) in [5.41, 5.74) is 0. The second kappa shape index (κ2) is 6.50. The van der Waals surface area contributed by atoms with Gasteiger partial charge in [-0.2, -0.15) is 0 Å². The van der Waals surface area contributed by atoms with Gasteiger partial charge in [0, 0.05) is 5.02 Å². The molecular weight excluding hydrogens is 391 g/mol. The maximum absolute atomic E-state index is 12.1. The third-order valence-corrected chi connectivity index (χ3v) is 5.94. The number of hydrogen-bond donors (Lipinski definition) is 0. The van der Waals surface area contributed by atoms with Crippen LogP contribution in [0.5, 0.6) is 0 Å². The van der Waals surface area contributed by atoms with Crippen molar-refractivity contribution in [1.29, 1.82) is 0 Å². The van der Waals surface area contributed by atoms with E-state index in [0.717, 1.165) is 3.79 Å². The van der Waals surface area contributed by atoms with Gasteiger partial charge >= 0.3 is 0 Å². The third-order valence-electron chi connectivity index (χ3n) is 2.25. The standard InChI is InChI=1S/C12H7BrCl2O2S2/c13-12-4-3-10(18-12)9(16)6-19(17)11-5-7(14)1-2-8(11)15/h1-5H,6H2. The largest absolute Gasteiger partial charge is 0.292 e. The lowest BCUT2D eigenvalue weighted by Crippen LogP contribution is -2.10. The lowest BCUT2D eigenvalue weighted by Gasteiger charge is -2.04. The van der Waals surface area contributed by atoms with E-state index in [4.69, 9.17) is 23.2 Å². The van der Waals surface area contributed by atoms with E-state index in [-0.39, 0.29) is 11.5 Å². The first kappa shape index (κ1) is 15.2. The maximum Gasteiger partial charge on any atom is 0.185 e. The predicted molar refractivity (Wildman–Crippen MR) is 84.1 cm³/mol. The molecule has 0 aliphatic carbocycles. The van der Waals surface area contributed by atoms with Crippen LogP contribution >= 0.6 is 50.5 Å². The summed E-state index contributed by atoms with van der Waals surface area (Å²) >= 11 is 16.4. The van der Waals surface area contributed by atoms with Gasteiger partial charge in [-0.3, -0.25) is 9.00 Å². The average Bonchev–Trinajstić information content (AvgIpc) is 2.79. The lowest BCUT2D eigenvalue weighted by atomic mass is 10.3. The summed E-state index contributed by atoms with van der Waals surface area (Å²) in [6.45, 7) is 0. The minimum atomic E-state index is -1.50. The Labute approximate surface area is 135 Å². The van der Waals surface area contributed by atoms with Crippen molar-refractivity contribution in [2.45, 2.75) is 4.90 Å². The lowest BCUT2D eigenvalue weighted by molar-refractivity contribution is 0.102. The molecule has 0 radical (unpaired) electrons. The molecule has 0 amide bonds. The van der Waals surface area contributed by atoms with E-state index in [1.807, 2.05) is 0 Å². The monoisotopic (exact) mass is 396 g/mol. The molecule has 1 aromatic heterocycles. The number of hydrogen-bond acceptors (Lipinski definition) is 3. The highest BCUT2D eigenvalue weighted by Gasteiger charge is 2.16. The van der Waals surface area contributed by atoms with Gasteiger partial charge in [-0.1, -0.05) is 23.2 Å². The summed E-state index contributed by atoms with van der Waals surface area (Å²) < 4.78 is 13.0. The van der Waals surface area contributed by atoms with Gasteiger partial charge in [0.1, 0.15) is 0 Å². The Bertz CT molecular complexity index is 655. The molecule has 2 nitrogen and oxygen atoms in total. The predicted octanol–water partition coefficient (Wildman–Crippen LogP) is 4.81. The van der Waals surface area contributed by atoms with Crippen molar-refractivity contribution in [2.75, 3.05) is 5.75 Å². The molecule has 0 spiro atoms. The minimum Gasteiger partial charge on any atom is -0.292 e. The summed E-state index contributed by atoms with van der Waals surface area (Å²) in [5.74, 6) is -0.280. The number of Topliss-reactive ketones (excluding diaryl/α,β-unsaturated/α-hetero) is 1. The van der Waals surface area contributed by atoms with Crippen molar-refractivity contribution in [3.8, 4) is 0 Å². The summed E-state index contributed by atoms with van der Waals surface area (Å²) in [5, 5.41) is 0.793. The highest BCUT2D eigenvalue weighted by atomic mass is 79.9. The van der Waals surface area contributed by atoms with Crippen LogP contribution in [-0.4, -0.2) is 15.7 Å². The van der Waals surface area contributed by atoms with Crippen LogP contribution in [0.1, 0.15) is 9.67 Å². The normalized spacial score (nSPS) is 12.4. The molecule has 0 bridgehead atoms. The Morgan fingerprint density at radius 1 is 1.26 bits per heavy atom. The van der Waals surface area contributed by atoms with Gasteiger partial charge in [0.25, 0.3) is 0 Å². The summed E-state index contributed by atoms with van der Waals surface area (Å²) in [7, 11) is -1.50. The molecule has 0 saturated carbocycles. The van der Waals surface area contributed by atoms with Gasteiger partial charge in [0.2, 0.25) is 0 Å². The van der Waals surface area contributed by atoms with E-state index in [9.17, 15) is 9.00 Å². The van der Waals surface area contributed by atoms with Crippen molar-refractivity contribution in [3.63, 3.8) is 0 Å². The van der Waals surface area contributed by atoms with Crippen LogP contribution in [0.15, 0.2) is 39.0 Å². The smallest absolute Gasteiger partial charge is 0.185 e. The number of ketones is 1. The van der Waals surface area contributed by atoms with Crippen LogP contribution in [0, 0.1) is 0 Å². The van der Waals surface area contributed by atoms with E-state index < -0.39 is 10.8 Å². The van der Waals surface area contributed by atoms with E-state index in [0.29, 0.717) is 19.8 Å². The molecule has 1 heterocycles. The van der Waals surface area contributed by atoms with Crippen molar-refractivity contribution in [2.24, 2.45) is 0 Å². The fourth-order valence-corrected chi connectivity index (χ4v) is 4.50. The molecule has 19 heavy (non-hydrogen) atoms. The summed E-state index contributed by atoms with van der Waals surface area (Å²) in [4.78, 5) is 12.9.